The largest absolute Gasteiger partial charge is 0.332 e. The Kier molecular flexibility index (Phi) is 3.06. The molecule has 6 nitrogen and oxygen atoms in total. The normalized spacial score (nSPS) is 19.0. The summed E-state index contributed by atoms with van der Waals surface area (Å²) in [6, 6.07) is 1.94. The van der Waals surface area contributed by atoms with Gasteiger partial charge in [-0.3, -0.25) is 14.6 Å². The van der Waals surface area contributed by atoms with Crippen molar-refractivity contribution in [1.82, 2.24) is 24.9 Å². The highest BCUT2D eigenvalue weighted by Gasteiger charge is 2.30. The Morgan fingerprint density at radius 3 is 3.16 bits per heavy atom. The first kappa shape index (κ1) is 12.0. The smallest absolute Gasteiger partial charge is 0.272 e. The average Bonchev–Trinajstić information content (AvgIpc) is 3.10. The van der Waals surface area contributed by atoms with Crippen molar-refractivity contribution in [3.05, 3.63) is 35.9 Å². The van der Waals surface area contributed by atoms with Crippen LogP contribution in [-0.4, -0.2) is 43.4 Å². The number of rotatable bonds is 3. The van der Waals surface area contributed by atoms with Crippen molar-refractivity contribution in [1.29, 1.82) is 0 Å². The number of amides is 1. The van der Waals surface area contributed by atoms with Gasteiger partial charge in [0.15, 0.2) is 0 Å². The van der Waals surface area contributed by atoms with Gasteiger partial charge in [-0.25, -0.2) is 0 Å². The molecule has 3 rings (SSSR count). The number of aryl methyl sites for hydroxylation is 1. The molecule has 0 aliphatic carbocycles. The predicted octanol–water partition coefficient (Wildman–Crippen LogP) is 1.22. The van der Waals surface area contributed by atoms with Crippen LogP contribution in [0.3, 0.4) is 0 Å². The minimum Gasteiger partial charge on any atom is -0.332 e. The van der Waals surface area contributed by atoms with Gasteiger partial charge < -0.3 is 4.90 Å². The van der Waals surface area contributed by atoms with Crippen LogP contribution < -0.4 is 0 Å². The minimum absolute atomic E-state index is 0.0314. The second-order valence-corrected chi connectivity index (χ2v) is 5.00. The van der Waals surface area contributed by atoms with Gasteiger partial charge in [0.25, 0.3) is 5.91 Å². The Balaban J connectivity index is 1.73. The molecule has 1 aliphatic rings. The molecule has 0 spiro atoms. The van der Waals surface area contributed by atoms with E-state index in [1.165, 1.54) is 0 Å². The van der Waals surface area contributed by atoms with Crippen LogP contribution in [0, 0.1) is 6.92 Å². The van der Waals surface area contributed by atoms with Crippen LogP contribution in [0.2, 0.25) is 0 Å². The van der Waals surface area contributed by atoms with Crippen LogP contribution >= 0.6 is 0 Å². The van der Waals surface area contributed by atoms with Gasteiger partial charge in [0, 0.05) is 18.9 Å². The second-order valence-electron chi connectivity index (χ2n) is 5.00. The third kappa shape index (κ3) is 2.38. The molecule has 0 saturated carbocycles. The number of carbonyl (C=O) groups excluding carboxylic acids is 1. The van der Waals surface area contributed by atoms with Crippen LogP contribution in [0.25, 0.3) is 0 Å². The van der Waals surface area contributed by atoms with Gasteiger partial charge >= 0.3 is 0 Å². The van der Waals surface area contributed by atoms with Gasteiger partial charge in [-0.05, 0) is 31.4 Å². The summed E-state index contributed by atoms with van der Waals surface area (Å²) in [5.41, 5.74) is 1.70. The molecule has 3 heterocycles. The monoisotopic (exact) mass is 259 g/mol. The number of H-pyrrole nitrogens is 1. The third-order valence-corrected chi connectivity index (χ3v) is 3.53. The maximum Gasteiger partial charge on any atom is 0.272 e. The van der Waals surface area contributed by atoms with E-state index in [-0.39, 0.29) is 11.9 Å². The summed E-state index contributed by atoms with van der Waals surface area (Å²) in [7, 11) is 0. The van der Waals surface area contributed by atoms with E-state index in [2.05, 4.69) is 15.3 Å². The number of nitrogens with zero attached hydrogens (tertiary/aromatic N) is 4. The SMILES string of the molecule is Cc1cnn(C[C@@H]2CCCN2C(=O)c2ccn[nH]2)c1. The molecule has 1 atom stereocenters. The molecule has 100 valence electrons. The fraction of sp³-hybridized carbons (Fsp3) is 0.462. The molecule has 0 aromatic carbocycles. The van der Waals surface area contributed by atoms with Gasteiger partial charge in [-0.1, -0.05) is 0 Å². The first-order valence-corrected chi connectivity index (χ1v) is 6.53. The van der Waals surface area contributed by atoms with Crippen LogP contribution in [0.4, 0.5) is 0 Å². The molecule has 2 aromatic rings. The summed E-state index contributed by atoms with van der Waals surface area (Å²) in [5, 5.41) is 10.9. The van der Waals surface area contributed by atoms with Gasteiger partial charge in [0.1, 0.15) is 5.69 Å². The summed E-state index contributed by atoms with van der Waals surface area (Å²) >= 11 is 0. The number of nitrogens with one attached hydrogen (secondary N) is 1. The van der Waals surface area contributed by atoms with Crippen LogP contribution in [-0.2, 0) is 6.54 Å². The number of likely N-dealkylation sites (tertiary alicyclic amines) is 1. The quantitative estimate of drug-likeness (QED) is 0.901. The molecular formula is C13H17N5O. The lowest BCUT2D eigenvalue weighted by Gasteiger charge is -2.24. The van der Waals surface area contributed by atoms with E-state index in [9.17, 15) is 4.79 Å². The second kappa shape index (κ2) is 4.87. The number of carbonyl (C=O) groups is 1. The molecule has 0 radical (unpaired) electrons. The zero-order chi connectivity index (χ0) is 13.2. The highest BCUT2D eigenvalue weighted by molar-refractivity contribution is 5.92. The van der Waals surface area contributed by atoms with Crippen LogP contribution in [0.15, 0.2) is 24.7 Å². The first-order chi connectivity index (χ1) is 9.24. The Hall–Kier alpha value is -2.11. The Labute approximate surface area is 111 Å². The van der Waals surface area contributed by atoms with E-state index in [1.807, 2.05) is 28.9 Å². The fourth-order valence-electron chi connectivity index (χ4n) is 2.61. The highest BCUT2D eigenvalue weighted by atomic mass is 16.2. The topological polar surface area (TPSA) is 66.8 Å². The highest BCUT2D eigenvalue weighted by Crippen LogP contribution is 2.20. The molecule has 1 saturated heterocycles. The molecule has 0 bridgehead atoms. The predicted molar refractivity (Wildman–Crippen MR) is 69.6 cm³/mol. The zero-order valence-corrected chi connectivity index (χ0v) is 10.9. The maximum atomic E-state index is 12.3. The molecule has 1 aliphatic heterocycles. The molecular weight excluding hydrogens is 242 g/mol. The molecule has 1 fully saturated rings. The van der Waals surface area contributed by atoms with E-state index in [4.69, 9.17) is 0 Å². The molecule has 1 amide bonds. The fourth-order valence-corrected chi connectivity index (χ4v) is 2.61. The van der Waals surface area contributed by atoms with E-state index in [0.29, 0.717) is 5.69 Å². The summed E-state index contributed by atoms with van der Waals surface area (Å²) < 4.78 is 1.92. The summed E-state index contributed by atoms with van der Waals surface area (Å²) in [5.74, 6) is 0.0314. The Morgan fingerprint density at radius 2 is 2.47 bits per heavy atom. The van der Waals surface area contributed by atoms with E-state index in [1.54, 1.807) is 12.3 Å². The lowest BCUT2D eigenvalue weighted by Crippen LogP contribution is -2.38. The lowest BCUT2D eigenvalue weighted by atomic mass is 10.2. The molecule has 2 aromatic heterocycles. The third-order valence-electron chi connectivity index (χ3n) is 3.53. The van der Waals surface area contributed by atoms with Crippen LogP contribution in [0.1, 0.15) is 28.9 Å². The average molecular weight is 259 g/mol. The van der Waals surface area contributed by atoms with Crippen molar-refractivity contribution in [3.63, 3.8) is 0 Å². The van der Waals surface area contributed by atoms with Crippen LogP contribution in [0.5, 0.6) is 0 Å². The molecule has 6 heteroatoms. The summed E-state index contributed by atoms with van der Waals surface area (Å²) in [6.45, 7) is 3.59. The van der Waals surface area contributed by atoms with Crippen molar-refractivity contribution < 1.29 is 4.79 Å². The number of hydrogen-bond donors (Lipinski definition) is 1. The zero-order valence-electron chi connectivity index (χ0n) is 10.9. The number of aromatic amines is 1. The van der Waals surface area contributed by atoms with Crippen molar-refractivity contribution in [2.24, 2.45) is 0 Å². The first-order valence-electron chi connectivity index (χ1n) is 6.53. The lowest BCUT2D eigenvalue weighted by molar-refractivity contribution is 0.0715. The Morgan fingerprint density at radius 1 is 1.58 bits per heavy atom. The van der Waals surface area contributed by atoms with Gasteiger partial charge in [0.05, 0.1) is 18.8 Å². The van der Waals surface area contributed by atoms with Gasteiger partial charge in [0.2, 0.25) is 0 Å². The molecule has 19 heavy (non-hydrogen) atoms. The summed E-state index contributed by atoms with van der Waals surface area (Å²) in [4.78, 5) is 14.3. The number of hydrogen-bond acceptors (Lipinski definition) is 3. The van der Waals surface area contributed by atoms with E-state index >= 15 is 0 Å². The minimum atomic E-state index is 0.0314. The summed E-state index contributed by atoms with van der Waals surface area (Å²) in [6.07, 6.45) is 7.53. The van der Waals surface area contributed by atoms with E-state index < -0.39 is 0 Å². The van der Waals surface area contributed by atoms with Crippen molar-refractivity contribution >= 4 is 5.91 Å². The number of aromatic nitrogens is 4. The molecule has 0 unspecified atom stereocenters. The Bertz CT molecular complexity index is 559. The van der Waals surface area contributed by atoms with Crippen molar-refractivity contribution in [2.45, 2.75) is 32.4 Å². The van der Waals surface area contributed by atoms with E-state index in [0.717, 1.165) is 31.5 Å². The van der Waals surface area contributed by atoms with Crippen molar-refractivity contribution in [2.75, 3.05) is 6.54 Å². The van der Waals surface area contributed by atoms with Gasteiger partial charge in [-0.15, -0.1) is 0 Å². The van der Waals surface area contributed by atoms with Crippen molar-refractivity contribution in [3.8, 4) is 0 Å². The molecule has 1 N–H and O–H groups in total. The standard InChI is InChI=1S/C13H17N5O/c1-10-7-15-17(8-10)9-11-3-2-6-18(11)13(19)12-4-5-14-16-12/h4-5,7-8,11H,2-3,6,9H2,1H3,(H,14,16)/t11-/m0/s1. The maximum absolute atomic E-state index is 12.3. The van der Waals surface area contributed by atoms with Gasteiger partial charge in [-0.2, -0.15) is 10.2 Å².